The van der Waals surface area contributed by atoms with Gasteiger partial charge < -0.3 is 9.84 Å². The van der Waals surface area contributed by atoms with Crippen molar-refractivity contribution < 1.29 is 14.2 Å². The lowest BCUT2D eigenvalue weighted by Gasteiger charge is -2.07. The smallest absolute Gasteiger partial charge is 0.169 e. The zero-order valence-electron chi connectivity index (χ0n) is 13.7. The molecule has 0 fully saturated rings. The van der Waals surface area contributed by atoms with Crippen LogP contribution < -0.4 is 4.74 Å². The Morgan fingerprint density at radius 3 is 2.46 bits per heavy atom. The highest BCUT2D eigenvalue weighted by atomic mass is 19.1. The molecule has 3 aromatic carbocycles. The number of nitrogens with zero attached hydrogens (tertiary/aromatic N) is 2. The van der Waals surface area contributed by atoms with E-state index in [4.69, 9.17) is 4.74 Å². The van der Waals surface area contributed by atoms with E-state index in [1.807, 2.05) is 30.3 Å². The molecule has 0 atom stereocenters. The molecule has 4 rings (SSSR count). The third-order valence-corrected chi connectivity index (χ3v) is 3.90. The van der Waals surface area contributed by atoms with Gasteiger partial charge in [-0.15, -0.1) is 0 Å². The van der Waals surface area contributed by atoms with Gasteiger partial charge in [0.1, 0.15) is 11.6 Å². The lowest BCUT2D eigenvalue weighted by molar-refractivity contribution is 0.411. The number of benzene rings is 3. The fourth-order valence-corrected chi connectivity index (χ4v) is 2.60. The largest absolute Gasteiger partial charge is 0.504 e. The van der Waals surface area contributed by atoms with Crippen LogP contribution in [-0.4, -0.2) is 14.9 Å². The molecule has 0 aliphatic rings. The van der Waals surface area contributed by atoms with Gasteiger partial charge in [-0.3, -0.25) is 0 Å². The number of rotatable bonds is 4. The molecule has 1 N–H and O–H groups in total. The molecule has 0 saturated carbocycles. The minimum Gasteiger partial charge on any atom is -0.504 e. The van der Waals surface area contributed by atoms with Crippen molar-refractivity contribution >= 4 is 0 Å². The van der Waals surface area contributed by atoms with Crippen molar-refractivity contribution in [1.82, 2.24) is 9.78 Å². The number of para-hydroxylation sites is 2. The Morgan fingerprint density at radius 2 is 1.69 bits per heavy atom. The lowest BCUT2D eigenvalue weighted by Crippen LogP contribution is -1.95. The molecule has 5 heteroatoms. The van der Waals surface area contributed by atoms with E-state index >= 15 is 0 Å². The highest BCUT2D eigenvalue weighted by Gasteiger charge is 2.07. The Hall–Kier alpha value is -3.60. The average Bonchev–Trinajstić information content (AvgIpc) is 3.14. The molecule has 128 valence electrons. The second-order valence-electron chi connectivity index (χ2n) is 5.72. The van der Waals surface area contributed by atoms with Gasteiger partial charge in [-0.25, -0.2) is 9.07 Å². The maximum absolute atomic E-state index is 13.4. The summed E-state index contributed by atoms with van der Waals surface area (Å²) in [6.07, 6.45) is 1.79. The topological polar surface area (TPSA) is 47.3 Å². The maximum Gasteiger partial charge on any atom is 0.169 e. The van der Waals surface area contributed by atoms with Crippen molar-refractivity contribution in [2.45, 2.75) is 0 Å². The summed E-state index contributed by atoms with van der Waals surface area (Å²) in [6.45, 7) is 0. The van der Waals surface area contributed by atoms with Crippen LogP contribution >= 0.6 is 0 Å². The average molecular weight is 346 g/mol. The number of halogens is 1. The van der Waals surface area contributed by atoms with E-state index in [2.05, 4.69) is 5.10 Å². The Bertz CT molecular complexity index is 1040. The first-order chi connectivity index (χ1) is 12.7. The van der Waals surface area contributed by atoms with E-state index < -0.39 is 0 Å². The molecule has 0 saturated heterocycles. The summed E-state index contributed by atoms with van der Waals surface area (Å²) < 4.78 is 20.7. The number of aromatic hydroxyl groups is 1. The molecular weight excluding hydrogens is 331 g/mol. The minimum absolute atomic E-state index is 0.0883. The second-order valence-corrected chi connectivity index (χ2v) is 5.72. The Balaban J connectivity index is 1.55. The van der Waals surface area contributed by atoms with Gasteiger partial charge in [-0.1, -0.05) is 18.2 Å². The predicted octanol–water partition coefficient (Wildman–Crippen LogP) is 5.18. The van der Waals surface area contributed by atoms with Gasteiger partial charge in [0.05, 0.1) is 11.4 Å². The Kier molecular flexibility index (Phi) is 4.11. The van der Waals surface area contributed by atoms with Crippen molar-refractivity contribution in [3.63, 3.8) is 0 Å². The van der Waals surface area contributed by atoms with E-state index in [0.717, 1.165) is 11.3 Å². The summed E-state index contributed by atoms with van der Waals surface area (Å²) in [5.41, 5.74) is 2.34. The normalized spacial score (nSPS) is 10.7. The Labute approximate surface area is 149 Å². The fourth-order valence-electron chi connectivity index (χ4n) is 2.60. The molecule has 0 bridgehead atoms. The van der Waals surface area contributed by atoms with Crippen molar-refractivity contribution in [1.29, 1.82) is 0 Å². The molecule has 0 aliphatic heterocycles. The second kappa shape index (κ2) is 6.72. The van der Waals surface area contributed by atoms with E-state index in [-0.39, 0.29) is 11.6 Å². The van der Waals surface area contributed by atoms with Crippen molar-refractivity contribution in [3.05, 3.63) is 90.9 Å². The summed E-state index contributed by atoms with van der Waals surface area (Å²) in [4.78, 5) is 0. The molecule has 0 radical (unpaired) electrons. The summed E-state index contributed by atoms with van der Waals surface area (Å²) in [5.74, 6) is 0.797. The van der Waals surface area contributed by atoms with Crippen LogP contribution in [0.4, 0.5) is 4.39 Å². The fraction of sp³-hybridized carbons (Fsp3) is 0. The molecular formula is C21H15FN2O2. The van der Waals surface area contributed by atoms with Crippen LogP contribution in [0.15, 0.2) is 85.1 Å². The molecule has 4 aromatic rings. The molecule has 4 nitrogen and oxygen atoms in total. The van der Waals surface area contributed by atoms with Gasteiger partial charge in [0.2, 0.25) is 0 Å². The summed E-state index contributed by atoms with van der Waals surface area (Å²) in [7, 11) is 0. The maximum atomic E-state index is 13.4. The molecule has 0 amide bonds. The minimum atomic E-state index is -0.301. The first-order valence-corrected chi connectivity index (χ1v) is 8.07. The van der Waals surface area contributed by atoms with Crippen LogP contribution in [0.25, 0.3) is 16.9 Å². The van der Waals surface area contributed by atoms with Crippen LogP contribution in [0.5, 0.6) is 17.2 Å². The third kappa shape index (κ3) is 3.28. The SMILES string of the molecule is Oc1ccccc1Oc1ccc(-c2ccn(-c3cccc(F)c3)n2)cc1. The summed E-state index contributed by atoms with van der Waals surface area (Å²) in [6, 6.07) is 22.3. The third-order valence-electron chi connectivity index (χ3n) is 3.90. The van der Waals surface area contributed by atoms with E-state index in [1.54, 1.807) is 47.3 Å². The number of aromatic nitrogens is 2. The van der Waals surface area contributed by atoms with Crippen LogP contribution in [0.3, 0.4) is 0 Å². The van der Waals surface area contributed by atoms with Crippen molar-refractivity contribution in [3.8, 4) is 34.2 Å². The molecule has 0 aliphatic carbocycles. The van der Waals surface area contributed by atoms with Gasteiger partial charge in [-0.2, -0.15) is 5.10 Å². The standard InChI is InChI=1S/C21H15FN2O2/c22-16-4-3-5-17(14-16)24-13-12-19(23-24)15-8-10-18(11-9-15)26-21-7-2-1-6-20(21)25/h1-14,25H. The molecule has 1 heterocycles. The number of phenolic OH excluding ortho intramolecular Hbond substituents is 1. The molecule has 1 aromatic heterocycles. The number of ether oxygens (including phenoxy) is 1. The van der Waals surface area contributed by atoms with Gasteiger partial charge in [0.15, 0.2) is 11.5 Å². The first kappa shape index (κ1) is 15.9. The summed E-state index contributed by atoms with van der Waals surface area (Å²) >= 11 is 0. The highest BCUT2D eigenvalue weighted by molar-refractivity contribution is 5.60. The van der Waals surface area contributed by atoms with Gasteiger partial charge in [0.25, 0.3) is 0 Å². The molecule has 0 spiro atoms. The highest BCUT2D eigenvalue weighted by Crippen LogP contribution is 2.31. The predicted molar refractivity (Wildman–Crippen MR) is 97.1 cm³/mol. The quantitative estimate of drug-likeness (QED) is 0.554. The number of hydrogen-bond donors (Lipinski definition) is 1. The van der Waals surface area contributed by atoms with Gasteiger partial charge >= 0.3 is 0 Å². The van der Waals surface area contributed by atoms with Crippen LogP contribution in [0.1, 0.15) is 0 Å². The molecule has 0 unspecified atom stereocenters. The lowest BCUT2D eigenvalue weighted by atomic mass is 10.1. The molecule has 26 heavy (non-hydrogen) atoms. The van der Waals surface area contributed by atoms with Crippen LogP contribution in [0.2, 0.25) is 0 Å². The van der Waals surface area contributed by atoms with E-state index in [9.17, 15) is 9.50 Å². The van der Waals surface area contributed by atoms with Gasteiger partial charge in [0, 0.05) is 11.8 Å². The number of phenols is 1. The Morgan fingerprint density at radius 1 is 0.885 bits per heavy atom. The summed E-state index contributed by atoms with van der Waals surface area (Å²) in [5, 5.41) is 14.3. The van der Waals surface area contributed by atoms with Crippen molar-refractivity contribution in [2.24, 2.45) is 0 Å². The zero-order chi connectivity index (χ0) is 17.9. The van der Waals surface area contributed by atoms with Crippen LogP contribution in [-0.2, 0) is 0 Å². The monoisotopic (exact) mass is 346 g/mol. The van der Waals surface area contributed by atoms with E-state index in [1.165, 1.54) is 12.1 Å². The van der Waals surface area contributed by atoms with Gasteiger partial charge in [-0.05, 0) is 60.7 Å². The zero-order valence-corrected chi connectivity index (χ0v) is 13.7. The first-order valence-electron chi connectivity index (χ1n) is 8.07. The van der Waals surface area contributed by atoms with E-state index in [0.29, 0.717) is 17.2 Å². The van der Waals surface area contributed by atoms with Crippen molar-refractivity contribution in [2.75, 3.05) is 0 Å². The van der Waals surface area contributed by atoms with Crippen LogP contribution in [0, 0.1) is 5.82 Å². The number of hydrogen-bond acceptors (Lipinski definition) is 3.